The number of nitrogens with one attached hydrogen (secondary N) is 1. The maximum Gasteiger partial charge on any atom is 0.251 e. The molecule has 0 bridgehead atoms. The summed E-state index contributed by atoms with van der Waals surface area (Å²) in [5, 5.41) is 2.82. The van der Waals surface area contributed by atoms with Crippen molar-refractivity contribution < 1.29 is 14.3 Å². The number of hydrogen-bond donors (Lipinski definition) is 2. The Hall–Kier alpha value is -1.59. The Morgan fingerprint density at radius 2 is 2.28 bits per heavy atom. The summed E-state index contributed by atoms with van der Waals surface area (Å²) in [4.78, 5) is 11.9. The topological polar surface area (TPSA) is 73.6 Å². The van der Waals surface area contributed by atoms with Crippen LogP contribution in [0, 0.1) is 6.92 Å². The average Bonchev–Trinajstić information content (AvgIpc) is 2.36. The van der Waals surface area contributed by atoms with Crippen molar-refractivity contribution in [3.63, 3.8) is 0 Å². The van der Waals surface area contributed by atoms with E-state index in [0.29, 0.717) is 37.6 Å². The highest BCUT2D eigenvalue weighted by Crippen LogP contribution is 2.11. The molecule has 1 amide bonds. The standard InChI is InChI=1S/C13H18N2O3/c1-9-4-10(6-11(14)5-9)13(16)15-7-12-8-17-2-3-18-12/h4-6,12H,2-3,7-8,14H2,1H3,(H,15,16). The van der Waals surface area contributed by atoms with Crippen molar-refractivity contribution >= 4 is 11.6 Å². The van der Waals surface area contributed by atoms with E-state index in [4.69, 9.17) is 15.2 Å². The molecule has 1 aliphatic heterocycles. The van der Waals surface area contributed by atoms with Crippen LogP contribution in [0.15, 0.2) is 18.2 Å². The second-order valence-electron chi connectivity index (χ2n) is 4.41. The summed E-state index contributed by atoms with van der Waals surface area (Å²) in [5.41, 5.74) is 7.85. The molecular weight excluding hydrogens is 232 g/mol. The molecule has 1 saturated heterocycles. The predicted octanol–water partition coefficient (Wildman–Crippen LogP) is 0.722. The van der Waals surface area contributed by atoms with Gasteiger partial charge in [-0.15, -0.1) is 0 Å². The van der Waals surface area contributed by atoms with Crippen molar-refractivity contribution in [2.24, 2.45) is 0 Å². The Kier molecular flexibility index (Phi) is 4.17. The number of carbonyl (C=O) groups excluding carboxylic acids is 1. The first kappa shape index (κ1) is 12.9. The van der Waals surface area contributed by atoms with Gasteiger partial charge in [0, 0.05) is 17.8 Å². The monoisotopic (exact) mass is 250 g/mol. The summed E-state index contributed by atoms with van der Waals surface area (Å²) in [7, 11) is 0. The van der Waals surface area contributed by atoms with Crippen LogP contribution in [0.4, 0.5) is 5.69 Å². The average molecular weight is 250 g/mol. The molecule has 1 heterocycles. The molecule has 0 saturated carbocycles. The van der Waals surface area contributed by atoms with Crippen LogP contribution >= 0.6 is 0 Å². The number of ether oxygens (including phenoxy) is 2. The molecule has 98 valence electrons. The van der Waals surface area contributed by atoms with Gasteiger partial charge in [-0.25, -0.2) is 0 Å². The number of nitrogen functional groups attached to an aromatic ring is 1. The van der Waals surface area contributed by atoms with Crippen molar-refractivity contribution in [3.05, 3.63) is 29.3 Å². The van der Waals surface area contributed by atoms with E-state index in [2.05, 4.69) is 5.32 Å². The predicted molar refractivity (Wildman–Crippen MR) is 68.5 cm³/mol. The normalized spacial score (nSPS) is 19.5. The molecule has 0 radical (unpaired) electrons. The van der Waals surface area contributed by atoms with E-state index >= 15 is 0 Å². The molecule has 1 aliphatic rings. The van der Waals surface area contributed by atoms with Crippen LogP contribution < -0.4 is 11.1 Å². The summed E-state index contributed by atoms with van der Waals surface area (Å²) in [6, 6.07) is 5.30. The summed E-state index contributed by atoms with van der Waals surface area (Å²) in [6.45, 7) is 4.09. The van der Waals surface area contributed by atoms with Gasteiger partial charge in [0.05, 0.1) is 25.9 Å². The van der Waals surface area contributed by atoms with E-state index in [9.17, 15) is 4.79 Å². The number of anilines is 1. The third kappa shape index (κ3) is 3.45. The van der Waals surface area contributed by atoms with Crippen molar-refractivity contribution in [2.45, 2.75) is 13.0 Å². The number of rotatable bonds is 3. The number of amides is 1. The first-order valence-corrected chi connectivity index (χ1v) is 6.00. The molecule has 0 spiro atoms. The molecule has 1 aromatic rings. The highest BCUT2D eigenvalue weighted by Gasteiger charge is 2.15. The molecule has 1 fully saturated rings. The zero-order valence-corrected chi connectivity index (χ0v) is 10.4. The molecule has 5 nitrogen and oxygen atoms in total. The zero-order valence-electron chi connectivity index (χ0n) is 10.4. The molecule has 1 unspecified atom stereocenters. The minimum atomic E-state index is -0.139. The van der Waals surface area contributed by atoms with E-state index in [0.717, 1.165) is 5.56 Å². The third-order valence-electron chi connectivity index (χ3n) is 2.74. The van der Waals surface area contributed by atoms with Crippen LogP contribution in [0.5, 0.6) is 0 Å². The van der Waals surface area contributed by atoms with Crippen LogP contribution in [0.25, 0.3) is 0 Å². The van der Waals surface area contributed by atoms with Gasteiger partial charge >= 0.3 is 0 Å². The number of benzene rings is 1. The largest absolute Gasteiger partial charge is 0.399 e. The molecular formula is C13H18N2O3. The fourth-order valence-electron chi connectivity index (χ4n) is 1.91. The Balaban J connectivity index is 1.90. The molecule has 1 atom stereocenters. The molecule has 18 heavy (non-hydrogen) atoms. The van der Waals surface area contributed by atoms with Gasteiger partial charge in [0.1, 0.15) is 0 Å². The third-order valence-corrected chi connectivity index (χ3v) is 2.74. The van der Waals surface area contributed by atoms with Crippen molar-refractivity contribution in [1.82, 2.24) is 5.32 Å². The van der Waals surface area contributed by atoms with E-state index in [-0.39, 0.29) is 12.0 Å². The Labute approximate surface area is 106 Å². The molecule has 0 aliphatic carbocycles. The zero-order chi connectivity index (χ0) is 13.0. The van der Waals surface area contributed by atoms with Crippen molar-refractivity contribution in [3.8, 4) is 0 Å². The molecule has 0 aromatic heterocycles. The minimum Gasteiger partial charge on any atom is -0.399 e. The highest BCUT2D eigenvalue weighted by atomic mass is 16.6. The van der Waals surface area contributed by atoms with Crippen LogP contribution in [0.1, 0.15) is 15.9 Å². The first-order valence-electron chi connectivity index (χ1n) is 6.00. The van der Waals surface area contributed by atoms with E-state index < -0.39 is 0 Å². The van der Waals surface area contributed by atoms with Crippen molar-refractivity contribution in [1.29, 1.82) is 0 Å². The fraction of sp³-hybridized carbons (Fsp3) is 0.462. The Morgan fingerprint density at radius 3 is 2.94 bits per heavy atom. The van der Waals surface area contributed by atoms with E-state index in [1.54, 1.807) is 6.07 Å². The Bertz CT molecular complexity index is 408. The first-order chi connectivity index (χ1) is 8.65. The van der Waals surface area contributed by atoms with E-state index in [1.165, 1.54) is 0 Å². The van der Waals surface area contributed by atoms with Crippen LogP contribution in [0.3, 0.4) is 0 Å². The fourth-order valence-corrected chi connectivity index (χ4v) is 1.91. The maximum absolute atomic E-state index is 11.9. The minimum absolute atomic E-state index is 0.0649. The number of aryl methyl sites for hydroxylation is 1. The van der Waals surface area contributed by atoms with Gasteiger partial charge in [-0.2, -0.15) is 0 Å². The van der Waals surface area contributed by atoms with Gasteiger partial charge in [-0.1, -0.05) is 0 Å². The SMILES string of the molecule is Cc1cc(N)cc(C(=O)NCC2COCCO2)c1. The van der Waals surface area contributed by atoms with Crippen LogP contribution in [0.2, 0.25) is 0 Å². The van der Waals surface area contributed by atoms with Crippen molar-refractivity contribution in [2.75, 3.05) is 32.1 Å². The lowest BCUT2D eigenvalue weighted by molar-refractivity contribution is -0.0855. The van der Waals surface area contributed by atoms with Gasteiger partial charge in [-0.05, 0) is 30.7 Å². The second-order valence-corrected chi connectivity index (χ2v) is 4.41. The smallest absolute Gasteiger partial charge is 0.251 e. The van der Waals surface area contributed by atoms with Gasteiger partial charge in [0.25, 0.3) is 5.91 Å². The molecule has 3 N–H and O–H groups in total. The summed E-state index contributed by atoms with van der Waals surface area (Å²) in [6.07, 6.45) is -0.0649. The highest BCUT2D eigenvalue weighted by molar-refractivity contribution is 5.95. The molecule has 2 rings (SSSR count). The lowest BCUT2D eigenvalue weighted by atomic mass is 10.1. The summed E-state index contributed by atoms with van der Waals surface area (Å²) < 4.78 is 10.7. The number of nitrogens with two attached hydrogens (primary N) is 1. The molecule has 5 heteroatoms. The number of carbonyl (C=O) groups is 1. The van der Waals surface area contributed by atoms with Crippen LogP contribution in [-0.2, 0) is 9.47 Å². The Morgan fingerprint density at radius 1 is 1.44 bits per heavy atom. The molecule has 1 aromatic carbocycles. The second kappa shape index (κ2) is 5.84. The van der Waals surface area contributed by atoms with Gasteiger partial charge in [-0.3, -0.25) is 4.79 Å². The van der Waals surface area contributed by atoms with Crippen LogP contribution in [-0.4, -0.2) is 38.4 Å². The van der Waals surface area contributed by atoms with Gasteiger partial charge < -0.3 is 20.5 Å². The summed E-state index contributed by atoms with van der Waals surface area (Å²) in [5.74, 6) is -0.139. The van der Waals surface area contributed by atoms with Gasteiger partial charge in [0.15, 0.2) is 0 Å². The van der Waals surface area contributed by atoms with E-state index in [1.807, 2.05) is 19.1 Å². The summed E-state index contributed by atoms with van der Waals surface area (Å²) >= 11 is 0. The maximum atomic E-state index is 11.9. The quantitative estimate of drug-likeness (QED) is 0.775. The number of hydrogen-bond acceptors (Lipinski definition) is 4. The lowest BCUT2D eigenvalue weighted by Crippen LogP contribution is -2.39. The van der Waals surface area contributed by atoms with Gasteiger partial charge in [0.2, 0.25) is 0 Å². The lowest BCUT2D eigenvalue weighted by Gasteiger charge is -2.23.